The first kappa shape index (κ1) is 26.7. The summed E-state index contributed by atoms with van der Waals surface area (Å²) in [6.45, 7) is 7.13. The van der Waals surface area contributed by atoms with E-state index in [1.54, 1.807) is 31.2 Å². The third-order valence-electron chi connectivity index (χ3n) is 5.68. The number of hydrogen-bond acceptors (Lipinski definition) is 4. The number of ether oxygens (including phenoxy) is 1. The third kappa shape index (κ3) is 6.81. The minimum atomic E-state index is -0.708. The molecule has 0 unspecified atom stereocenters. The summed E-state index contributed by atoms with van der Waals surface area (Å²) in [5, 5.41) is 5.55. The van der Waals surface area contributed by atoms with E-state index in [0.717, 1.165) is 22.6 Å². The molecule has 0 radical (unpaired) electrons. The second kappa shape index (κ2) is 12.2. The van der Waals surface area contributed by atoms with Gasteiger partial charge in [0, 0.05) is 30.4 Å². The van der Waals surface area contributed by atoms with E-state index in [1.165, 1.54) is 19.1 Å². The van der Waals surface area contributed by atoms with Crippen LogP contribution in [0.4, 0.5) is 10.1 Å². The molecule has 1 aromatic heterocycles. The van der Waals surface area contributed by atoms with Gasteiger partial charge in [-0.3, -0.25) is 9.59 Å². The lowest BCUT2D eigenvalue weighted by molar-refractivity contribution is -0.148. The highest BCUT2D eigenvalue weighted by atomic mass is 19.1. The molecule has 0 spiro atoms. The van der Waals surface area contributed by atoms with Crippen molar-refractivity contribution in [1.82, 2.24) is 9.88 Å². The van der Waals surface area contributed by atoms with Gasteiger partial charge < -0.3 is 19.9 Å². The molecule has 0 aliphatic rings. The molecular formula is C28H32FN3O4. The number of hydrogen-bond donors (Lipinski definition) is 2. The minimum absolute atomic E-state index is 0.107. The Hall–Kier alpha value is -3.94. The Morgan fingerprint density at radius 3 is 2.22 bits per heavy atom. The fourth-order valence-corrected chi connectivity index (χ4v) is 3.94. The maximum absolute atomic E-state index is 13.5. The Balaban J connectivity index is 1.87. The highest BCUT2D eigenvalue weighted by Crippen LogP contribution is 2.28. The summed E-state index contributed by atoms with van der Waals surface area (Å²) in [4.78, 5) is 36.3. The Kier molecular flexibility index (Phi) is 9.00. The molecule has 0 saturated carbocycles. The molecule has 36 heavy (non-hydrogen) atoms. The van der Waals surface area contributed by atoms with Gasteiger partial charge in [0.2, 0.25) is 11.8 Å². The zero-order chi connectivity index (χ0) is 26.2. The van der Waals surface area contributed by atoms with Gasteiger partial charge in [-0.2, -0.15) is 0 Å². The summed E-state index contributed by atoms with van der Waals surface area (Å²) < 4.78 is 20.6. The lowest BCUT2D eigenvalue weighted by Gasteiger charge is -2.20. The van der Waals surface area contributed by atoms with Crippen molar-refractivity contribution in [1.29, 1.82) is 0 Å². The van der Waals surface area contributed by atoms with E-state index in [2.05, 4.69) is 10.6 Å². The van der Waals surface area contributed by atoms with Gasteiger partial charge in [0.15, 0.2) is 0 Å². The van der Waals surface area contributed by atoms with Crippen LogP contribution in [0.3, 0.4) is 0 Å². The summed E-state index contributed by atoms with van der Waals surface area (Å²) in [6, 6.07) is 16.7. The second-order valence-corrected chi connectivity index (χ2v) is 8.82. The van der Waals surface area contributed by atoms with E-state index in [1.807, 2.05) is 42.7 Å². The number of benzene rings is 2. The monoisotopic (exact) mass is 493 g/mol. The number of aryl methyl sites for hydroxylation is 1. The lowest BCUT2D eigenvalue weighted by atomic mass is 10.0. The molecule has 190 valence electrons. The maximum atomic E-state index is 13.5. The Bertz CT molecular complexity index is 1200. The van der Waals surface area contributed by atoms with Crippen LogP contribution in [0.15, 0.2) is 60.7 Å². The average Bonchev–Trinajstić information content (AvgIpc) is 3.25. The molecule has 1 atom stereocenters. The predicted molar refractivity (Wildman–Crippen MR) is 137 cm³/mol. The molecule has 0 fully saturated rings. The van der Waals surface area contributed by atoms with Crippen molar-refractivity contribution < 1.29 is 23.5 Å². The van der Waals surface area contributed by atoms with Crippen LogP contribution in [0, 0.1) is 11.7 Å². The van der Waals surface area contributed by atoms with Crippen molar-refractivity contribution in [3.8, 4) is 16.9 Å². The van der Waals surface area contributed by atoms with Crippen molar-refractivity contribution in [2.75, 3.05) is 11.9 Å². The van der Waals surface area contributed by atoms with Crippen molar-refractivity contribution >= 4 is 23.5 Å². The van der Waals surface area contributed by atoms with Gasteiger partial charge in [-0.25, -0.2) is 9.18 Å². The fraction of sp³-hybridized carbons (Fsp3) is 0.321. The molecule has 8 heteroatoms. The molecule has 0 saturated heterocycles. The van der Waals surface area contributed by atoms with Crippen LogP contribution >= 0.6 is 0 Å². The Morgan fingerprint density at radius 2 is 1.64 bits per heavy atom. The Morgan fingerprint density at radius 1 is 0.972 bits per heavy atom. The van der Waals surface area contributed by atoms with Crippen LogP contribution in [0.2, 0.25) is 0 Å². The zero-order valence-electron chi connectivity index (χ0n) is 21.0. The smallest absolute Gasteiger partial charge is 0.328 e. The number of halogens is 1. The molecular weight excluding hydrogens is 461 g/mol. The number of carbonyl (C=O) groups excluding carboxylic acids is 3. The topological polar surface area (TPSA) is 89.4 Å². The van der Waals surface area contributed by atoms with Crippen LogP contribution < -0.4 is 10.6 Å². The molecule has 1 heterocycles. The van der Waals surface area contributed by atoms with Crippen LogP contribution in [-0.4, -0.2) is 35.0 Å². The van der Waals surface area contributed by atoms with Crippen LogP contribution in [0.25, 0.3) is 16.9 Å². The van der Waals surface area contributed by atoms with E-state index in [-0.39, 0.29) is 36.6 Å². The van der Waals surface area contributed by atoms with Crippen molar-refractivity contribution in [2.45, 2.75) is 46.6 Å². The average molecular weight is 494 g/mol. The van der Waals surface area contributed by atoms with Gasteiger partial charge in [-0.15, -0.1) is 0 Å². The highest BCUT2D eigenvalue weighted by molar-refractivity contribution is 5.88. The third-order valence-corrected chi connectivity index (χ3v) is 5.68. The highest BCUT2D eigenvalue weighted by Gasteiger charge is 2.25. The van der Waals surface area contributed by atoms with E-state index < -0.39 is 12.0 Å². The molecule has 2 N–H and O–H groups in total. The first-order valence-corrected chi connectivity index (χ1v) is 12.0. The quantitative estimate of drug-likeness (QED) is 0.394. The predicted octanol–water partition coefficient (Wildman–Crippen LogP) is 4.88. The Labute approximate surface area is 210 Å². The molecule has 0 aliphatic carbocycles. The molecule has 2 aromatic carbocycles. The molecule has 0 aliphatic heterocycles. The zero-order valence-corrected chi connectivity index (χ0v) is 21.0. The number of esters is 1. The molecule has 7 nitrogen and oxygen atoms in total. The van der Waals surface area contributed by atoms with Gasteiger partial charge in [0.25, 0.3) is 0 Å². The normalized spacial score (nSPS) is 11.7. The summed E-state index contributed by atoms with van der Waals surface area (Å²) in [7, 11) is 0. The minimum Gasteiger partial charge on any atom is -0.464 e. The van der Waals surface area contributed by atoms with E-state index in [9.17, 15) is 18.8 Å². The summed E-state index contributed by atoms with van der Waals surface area (Å²) in [5.74, 6) is -1.29. The number of nitrogens with zero attached hydrogens (tertiary/aromatic N) is 1. The van der Waals surface area contributed by atoms with Gasteiger partial charge in [-0.1, -0.05) is 13.8 Å². The summed E-state index contributed by atoms with van der Waals surface area (Å²) >= 11 is 0. The van der Waals surface area contributed by atoms with Gasteiger partial charge in [0.05, 0.1) is 12.3 Å². The molecule has 0 bridgehead atoms. The van der Waals surface area contributed by atoms with Crippen molar-refractivity contribution in [3.05, 3.63) is 72.2 Å². The van der Waals surface area contributed by atoms with E-state index >= 15 is 0 Å². The number of nitrogens with one attached hydrogen (secondary N) is 2. The van der Waals surface area contributed by atoms with Gasteiger partial charge >= 0.3 is 5.97 Å². The summed E-state index contributed by atoms with van der Waals surface area (Å²) in [5.41, 5.74) is 4.02. The van der Waals surface area contributed by atoms with Crippen LogP contribution in [0.1, 0.15) is 39.8 Å². The molecule has 2 amide bonds. The molecule has 3 rings (SSSR count). The second-order valence-electron chi connectivity index (χ2n) is 8.82. The van der Waals surface area contributed by atoms with Crippen molar-refractivity contribution in [2.24, 2.45) is 5.92 Å². The standard InChI is InChI=1S/C28H32FN3O4/c1-5-36-28(35)27(18(2)3)31-26(34)17-15-24-14-16-25(20-6-8-21(29)9-7-20)32(24)23-12-10-22(11-13-23)30-19(4)33/h6-14,16,18,27H,5,15,17H2,1-4H3,(H,30,33)(H,31,34)/t27-/m1/s1. The van der Waals surface area contributed by atoms with Crippen LogP contribution in [-0.2, 0) is 25.5 Å². The maximum Gasteiger partial charge on any atom is 0.328 e. The first-order chi connectivity index (χ1) is 17.2. The first-order valence-electron chi connectivity index (χ1n) is 12.0. The van der Waals surface area contributed by atoms with Gasteiger partial charge in [0.1, 0.15) is 11.9 Å². The lowest BCUT2D eigenvalue weighted by Crippen LogP contribution is -2.45. The van der Waals surface area contributed by atoms with Crippen molar-refractivity contribution in [3.63, 3.8) is 0 Å². The number of carbonyl (C=O) groups is 3. The largest absolute Gasteiger partial charge is 0.464 e. The summed E-state index contributed by atoms with van der Waals surface area (Å²) in [6.07, 6.45) is 0.577. The van der Waals surface area contributed by atoms with E-state index in [4.69, 9.17) is 4.74 Å². The number of anilines is 1. The molecule has 3 aromatic rings. The fourth-order valence-electron chi connectivity index (χ4n) is 3.94. The van der Waals surface area contributed by atoms with E-state index in [0.29, 0.717) is 12.1 Å². The number of aromatic nitrogens is 1. The number of rotatable bonds is 10. The van der Waals surface area contributed by atoms with Gasteiger partial charge in [-0.05, 0) is 85.5 Å². The number of amides is 2. The SMILES string of the molecule is CCOC(=O)[C@H](NC(=O)CCc1ccc(-c2ccc(F)cc2)n1-c1ccc(NC(C)=O)cc1)C(C)C. The van der Waals surface area contributed by atoms with Crippen LogP contribution in [0.5, 0.6) is 0 Å².